The van der Waals surface area contributed by atoms with Crippen molar-refractivity contribution in [2.24, 2.45) is 5.92 Å². The summed E-state index contributed by atoms with van der Waals surface area (Å²) >= 11 is 0. The van der Waals surface area contributed by atoms with Gasteiger partial charge in [-0.05, 0) is 18.8 Å². The molecule has 0 bridgehead atoms. The van der Waals surface area contributed by atoms with Crippen molar-refractivity contribution in [3.05, 3.63) is 18.0 Å². The van der Waals surface area contributed by atoms with Crippen LogP contribution in [0.15, 0.2) is 12.4 Å². The van der Waals surface area contributed by atoms with Crippen molar-refractivity contribution < 1.29 is 14.6 Å². The summed E-state index contributed by atoms with van der Waals surface area (Å²) in [6, 6.07) is 0.256. The normalized spacial score (nSPS) is 15.7. The predicted octanol–water partition coefficient (Wildman–Crippen LogP) is 1.35. The van der Waals surface area contributed by atoms with E-state index in [0.29, 0.717) is 12.5 Å². The summed E-state index contributed by atoms with van der Waals surface area (Å²) in [6.45, 7) is 0.631. The fraction of sp³-hybridized carbons (Fsp3) is 0.500. The monoisotopic (exact) mass is 208 g/mol. The van der Waals surface area contributed by atoms with Crippen molar-refractivity contribution in [3.8, 4) is 6.01 Å². The van der Waals surface area contributed by atoms with Crippen molar-refractivity contribution in [2.45, 2.75) is 19.3 Å². The van der Waals surface area contributed by atoms with Gasteiger partial charge in [0.2, 0.25) is 0 Å². The van der Waals surface area contributed by atoms with E-state index in [1.807, 2.05) is 0 Å². The summed E-state index contributed by atoms with van der Waals surface area (Å²) in [5, 5.41) is 8.62. The van der Waals surface area contributed by atoms with E-state index >= 15 is 0 Å². The zero-order valence-corrected chi connectivity index (χ0v) is 8.22. The molecule has 0 atom stereocenters. The van der Waals surface area contributed by atoms with Crippen LogP contribution in [0.1, 0.15) is 29.6 Å². The van der Waals surface area contributed by atoms with E-state index in [2.05, 4.69) is 9.97 Å². The maximum atomic E-state index is 10.5. The summed E-state index contributed by atoms with van der Waals surface area (Å²) in [5.74, 6) is -0.409. The van der Waals surface area contributed by atoms with Gasteiger partial charge >= 0.3 is 12.0 Å². The van der Waals surface area contributed by atoms with E-state index < -0.39 is 5.97 Å². The average molecular weight is 208 g/mol. The highest BCUT2D eigenvalue weighted by atomic mass is 16.5. The summed E-state index contributed by atoms with van der Waals surface area (Å²) in [6.07, 6.45) is 6.18. The van der Waals surface area contributed by atoms with E-state index in [9.17, 15) is 4.79 Å². The van der Waals surface area contributed by atoms with Gasteiger partial charge in [0, 0.05) is 12.4 Å². The van der Waals surface area contributed by atoms with E-state index in [-0.39, 0.29) is 11.6 Å². The molecule has 0 unspecified atom stereocenters. The smallest absolute Gasteiger partial charge is 0.338 e. The number of aromatic nitrogens is 2. The van der Waals surface area contributed by atoms with Crippen molar-refractivity contribution in [3.63, 3.8) is 0 Å². The molecule has 0 saturated heterocycles. The minimum absolute atomic E-state index is 0.0750. The van der Waals surface area contributed by atoms with Gasteiger partial charge in [0.25, 0.3) is 0 Å². The Kier molecular flexibility index (Phi) is 2.80. The molecule has 0 amide bonds. The van der Waals surface area contributed by atoms with E-state index in [1.54, 1.807) is 0 Å². The first-order valence-corrected chi connectivity index (χ1v) is 4.94. The Morgan fingerprint density at radius 3 is 2.60 bits per heavy atom. The molecule has 0 aromatic carbocycles. The van der Waals surface area contributed by atoms with Crippen LogP contribution in [0.2, 0.25) is 0 Å². The van der Waals surface area contributed by atoms with Gasteiger partial charge in [0.05, 0.1) is 12.2 Å². The van der Waals surface area contributed by atoms with Gasteiger partial charge in [-0.1, -0.05) is 6.42 Å². The molecule has 0 radical (unpaired) electrons. The van der Waals surface area contributed by atoms with Gasteiger partial charge < -0.3 is 9.84 Å². The minimum Gasteiger partial charge on any atom is -0.478 e. The van der Waals surface area contributed by atoms with Crippen molar-refractivity contribution in [1.82, 2.24) is 9.97 Å². The van der Waals surface area contributed by atoms with Crippen LogP contribution in [0.4, 0.5) is 0 Å². The van der Waals surface area contributed by atoms with Crippen molar-refractivity contribution >= 4 is 5.97 Å². The van der Waals surface area contributed by atoms with E-state index in [0.717, 1.165) is 0 Å². The largest absolute Gasteiger partial charge is 0.478 e. The number of hydrogen-bond acceptors (Lipinski definition) is 4. The standard InChI is InChI=1S/C10H12N2O3/c13-9(14)8-4-11-10(12-5-8)15-6-7-2-1-3-7/h4-5,7H,1-3,6H2,(H,13,14). The predicted molar refractivity (Wildman–Crippen MR) is 51.8 cm³/mol. The Bertz CT molecular complexity index is 346. The first kappa shape index (κ1) is 9.89. The lowest BCUT2D eigenvalue weighted by atomic mass is 9.86. The first-order valence-electron chi connectivity index (χ1n) is 4.94. The second-order valence-corrected chi connectivity index (χ2v) is 3.67. The maximum absolute atomic E-state index is 10.5. The van der Waals surface area contributed by atoms with Crippen LogP contribution in [0.25, 0.3) is 0 Å². The molecule has 1 aliphatic carbocycles. The number of hydrogen-bond donors (Lipinski definition) is 1. The zero-order chi connectivity index (χ0) is 10.7. The molecule has 1 saturated carbocycles. The second kappa shape index (κ2) is 4.25. The number of carbonyl (C=O) groups is 1. The Balaban J connectivity index is 1.88. The topological polar surface area (TPSA) is 72.3 Å². The molecule has 5 heteroatoms. The van der Waals surface area contributed by atoms with Gasteiger partial charge in [-0.15, -0.1) is 0 Å². The molecule has 5 nitrogen and oxygen atoms in total. The van der Waals surface area contributed by atoms with Crippen LogP contribution in [-0.4, -0.2) is 27.7 Å². The number of rotatable bonds is 4. The molecule has 0 spiro atoms. The highest BCUT2D eigenvalue weighted by Gasteiger charge is 2.18. The lowest BCUT2D eigenvalue weighted by molar-refractivity contribution is 0.0695. The fourth-order valence-corrected chi connectivity index (χ4v) is 1.35. The first-order chi connectivity index (χ1) is 7.25. The molecule has 1 fully saturated rings. The zero-order valence-electron chi connectivity index (χ0n) is 8.22. The van der Waals surface area contributed by atoms with Crippen LogP contribution in [0.5, 0.6) is 6.01 Å². The average Bonchev–Trinajstić information content (AvgIpc) is 2.16. The molecule has 2 rings (SSSR count). The van der Waals surface area contributed by atoms with Gasteiger partial charge in [-0.25, -0.2) is 14.8 Å². The number of carboxylic acids is 1. The number of nitrogens with zero attached hydrogens (tertiary/aromatic N) is 2. The van der Waals surface area contributed by atoms with Gasteiger partial charge in [-0.2, -0.15) is 0 Å². The van der Waals surface area contributed by atoms with E-state index in [1.165, 1.54) is 31.7 Å². The Morgan fingerprint density at radius 1 is 1.47 bits per heavy atom. The summed E-state index contributed by atoms with van der Waals surface area (Å²) < 4.78 is 5.33. The summed E-state index contributed by atoms with van der Waals surface area (Å²) in [5.41, 5.74) is 0.0750. The quantitative estimate of drug-likeness (QED) is 0.808. The summed E-state index contributed by atoms with van der Waals surface area (Å²) in [7, 11) is 0. The van der Waals surface area contributed by atoms with Crippen LogP contribution >= 0.6 is 0 Å². The number of ether oxygens (including phenoxy) is 1. The Morgan fingerprint density at radius 2 is 2.13 bits per heavy atom. The lowest BCUT2D eigenvalue weighted by Gasteiger charge is -2.24. The Labute approximate surface area is 87.1 Å². The second-order valence-electron chi connectivity index (χ2n) is 3.67. The molecule has 0 aliphatic heterocycles. The third kappa shape index (κ3) is 2.43. The van der Waals surface area contributed by atoms with Gasteiger partial charge in [0.1, 0.15) is 0 Å². The number of aromatic carboxylic acids is 1. The van der Waals surface area contributed by atoms with E-state index in [4.69, 9.17) is 9.84 Å². The molecular formula is C10H12N2O3. The SMILES string of the molecule is O=C(O)c1cnc(OCC2CCC2)nc1. The highest BCUT2D eigenvalue weighted by Crippen LogP contribution is 2.26. The molecule has 15 heavy (non-hydrogen) atoms. The summed E-state index contributed by atoms with van der Waals surface area (Å²) in [4.78, 5) is 18.1. The Hall–Kier alpha value is -1.65. The highest BCUT2D eigenvalue weighted by molar-refractivity contribution is 5.86. The lowest BCUT2D eigenvalue weighted by Crippen LogP contribution is -2.20. The number of carboxylic acid groups (broad SMARTS) is 1. The molecule has 80 valence electrons. The van der Waals surface area contributed by atoms with Gasteiger partial charge in [0.15, 0.2) is 0 Å². The van der Waals surface area contributed by atoms with Crippen LogP contribution in [-0.2, 0) is 0 Å². The van der Waals surface area contributed by atoms with Gasteiger partial charge in [-0.3, -0.25) is 0 Å². The molecule has 1 aromatic heterocycles. The van der Waals surface area contributed by atoms with Crippen LogP contribution < -0.4 is 4.74 Å². The van der Waals surface area contributed by atoms with Crippen molar-refractivity contribution in [1.29, 1.82) is 0 Å². The van der Waals surface area contributed by atoms with Crippen LogP contribution in [0.3, 0.4) is 0 Å². The molecule has 1 N–H and O–H groups in total. The third-order valence-electron chi connectivity index (χ3n) is 2.55. The molecule has 1 aliphatic rings. The molecule has 1 heterocycles. The third-order valence-corrected chi connectivity index (χ3v) is 2.55. The maximum Gasteiger partial charge on any atom is 0.338 e. The molecule has 1 aromatic rings. The minimum atomic E-state index is -1.03. The molecular weight excluding hydrogens is 196 g/mol. The van der Waals surface area contributed by atoms with Crippen molar-refractivity contribution in [2.75, 3.05) is 6.61 Å². The fourth-order valence-electron chi connectivity index (χ4n) is 1.35. The van der Waals surface area contributed by atoms with Crippen LogP contribution in [0, 0.1) is 5.92 Å².